The number of hydrogen-bond donors (Lipinski definition) is 1. The molecule has 0 aliphatic carbocycles. The molecule has 5 nitrogen and oxygen atoms in total. The SMILES string of the molecule is C=c1ccc2c(c1)Oc1cc([O-])ccc1C=2c1ccccc1C(=O)O.CC(=O)C(C)(C)C. The number of aromatic carboxylic acids is 1. The molecule has 164 valence electrons. The highest BCUT2D eigenvalue weighted by atomic mass is 16.5. The Bertz CT molecular complexity index is 1310. The predicted octanol–water partition coefficient (Wildman–Crippen LogP) is 3.84. The number of rotatable bonds is 2. The molecule has 1 N–H and O–H groups in total. The molecule has 1 aliphatic rings. The van der Waals surface area contributed by atoms with E-state index in [1.165, 1.54) is 12.1 Å². The minimum Gasteiger partial charge on any atom is -0.872 e. The summed E-state index contributed by atoms with van der Waals surface area (Å²) < 4.78 is 5.88. The van der Waals surface area contributed by atoms with Crippen molar-refractivity contribution in [2.75, 3.05) is 0 Å². The Hall–Kier alpha value is -3.86. The number of carboxylic acids is 1. The first-order chi connectivity index (χ1) is 15.0. The fourth-order valence-corrected chi connectivity index (χ4v) is 3.09. The summed E-state index contributed by atoms with van der Waals surface area (Å²) in [5.74, 6) is 0.0415. The summed E-state index contributed by atoms with van der Waals surface area (Å²) in [5.41, 5.74) is 2.06. The highest BCUT2D eigenvalue weighted by molar-refractivity contribution is 5.98. The van der Waals surface area contributed by atoms with Crippen molar-refractivity contribution in [2.45, 2.75) is 27.7 Å². The molecule has 0 saturated carbocycles. The van der Waals surface area contributed by atoms with E-state index in [0.717, 1.165) is 16.0 Å². The van der Waals surface area contributed by atoms with Crippen molar-refractivity contribution in [3.8, 4) is 17.2 Å². The highest BCUT2D eigenvalue weighted by Crippen LogP contribution is 2.38. The Kier molecular flexibility index (Phi) is 6.21. The number of carbonyl (C=O) groups excluding carboxylic acids is 1. The van der Waals surface area contributed by atoms with Gasteiger partial charge in [-0.1, -0.05) is 69.8 Å². The van der Waals surface area contributed by atoms with Crippen molar-refractivity contribution in [1.82, 2.24) is 0 Å². The van der Waals surface area contributed by atoms with Crippen LogP contribution >= 0.6 is 0 Å². The number of benzene rings is 3. The van der Waals surface area contributed by atoms with Crippen molar-refractivity contribution >= 4 is 23.9 Å². The fraction of sp³-hybridized carbons (Fsp3) is 0.185. The van der Waals surface area contributed by atoms with E-state index in [-0.39, 0.29) is 22.5 Å². The minimum atomic E-state index is -1.01. The van der Waals surface area contributed by atoms with Gasteiger partial charge in [0, 0.05) is 21.8 Å². The molecule has 3 aromatic rings. The van der Waals surface area contributed by atoms with Crippen LogP contribution in [0, 0.1) is 5.41 Å². The van der Waals surface area contributed by atoms with Crippen molar-refractivity contribution in [3.63, 3.8) is 0 Å². The molecule has 4 rings (SSSR count). The van der Waals surface area contributed by atoms with Crippen LogP contribution in [0.2, 0.25) is 0 Å². The van der Waals surface area contributed by atoms with Gasteiger partial charge in [-0.25, -0.2) is 4.79 Å². The predicted molar refractivity (Wildman–Crippen MR) is 122 cm³/mol. The van der Waals surface area contributed by atoms with Crippen molar-refractivity contribution in [2.24, 2.45) is 5.41 Å². The minimum absolute atomic E-state index is 0.139. The molecule has 0 radical (unpaired) electrons. The normalized spacial score (nSPS) is 11.9. The second kappa shape index (κ2) is 8.71. The smallest absolute Gasteiger partial charge is 0.336 e. The van der Waals surface area contributed by atoms with E-state index in [2.05, 4.69) is 6.58 Å². The topological polar surface area (TPSA) is 86.7 Å². The lowest BCUT2D eigenvalue weighted by Crippen LogP contribution is -2.20. The Morgan fingerprint density at radius 1 is 0.938 bits per heavy atom. The van der Waals surface area contributed by atoms with Gasteiger partial charge in [0.1, 0.15) is 17.3 Å². The van der Waals surface area contributed by atoms with Gasteiger partial charge in [-0.3, -0.25) is 4.79 Å². The zero-order valence-corrected chi connectivity index (χ0v) is 18.6. The zero-order valence-electron chi connectivity index (χ0n) is 18.6. The largest absolute Gasteiger partial charge is 0.872 e. The number of ketones is 1. The molecule has 0 atom stereocenters. The van der Waals surface area contributed by atoms with Gasteiger partial charge in [0.2, 0.25) is 0 Å². The van der Waals surface area contributed by atoms with Crippen LogP contribution in [0.25, 0.3) is 12.2 Å². The number of hydrogen-bond acceptors (Lipinski definition) is 4. The summed E-state index contributed by atoms with van der Waals surface area (Å²) in [6.07, 6.45) is 0. The molecular weight excluding hydrogens is 404 g/mol. The van der Waals surface area contributed by atoms with E-state index < -0.39 is 5.97 Å². The van der Waals surface area contributed by atoms with Gasteiger partial charge >= 0.3 is 5.97 Å². The maximum Gasteiger partial charge on any atom is 0.336 e. The number of carboxylic acid groups (broad SMARTS) is 1. The van der Waals surface area contributed by atoms with Gasteiger partial charge in [0.25, 0.3) is 0 Å². The quantitative estimate of drug-likeness (QED) is 0.523. The van der Waals surface area contributed by atoms with Crippen LogP contribution in [-0.2, 0) is 4.79 Å². The lowest BCUT2D eigenvalue weighted by molar-refractivity contribution is -0.268. The zero-order chi connectivity index (χ0) is 23.6. The molecule has 1 heterocycles. The van der Waals surface area contributed by atoms with Gasteiger partial charge in [-0.2, -0.15) is 0 Å². The Balaban J connectivity index is 0.000000360. The molecule has 0 unspecified atom stereocenters. The molecule has 3 aromatic carbocycles. The van der Waals surface area contributed by atoms with E-state index in [1.54, 1.807) is 43.3 Å². The molecule has 32 heavy (non-hydrogen) atoms. The highest BCUT2D eigenvalue weighted by Gasteiger charge is 2.23. The fourth-order valence-electron chi connectivity index (χ4n) is 3.09. The Labute approximate surface area is 186 Å². The van der Waals surface area contributed by atoms with E-state index in [9.17, 15) is 19.8 Å². The number of Topliss-reactive ketones (excluding diaryl/α,β-unsaturated/α-hetero) is 1. The van der Waals surface area contributed by atoms with Crippen LogP contribution in [0.3, 0.4) is 0 Å². The summed E-state index contributed by atoms with van der Waals surface area (Å²) in [4.78, 5) is 22.2. The maximum absolute atomic E-state index is 11.7. The van der Waals surface area contributed by atoms with Crippen LogP contribution in [-0.4, -0.2) is 16.9 Å². The second-order valence-electron chi connectivity index (χ2n) is 8.62. The maximum atomic E-state index is 11.7. The molecule has 0 saturated heterocycles. The van der Waals surface area contributed by atoms with Crippen LogP contribution in [0.4, 0.5) is 0 Å². The Morgan fingerprint density at radius 3 is 2.22 bits per heavy atom. The molecule has 0 spiro atoms. The first kappa shape index (κ1) is 22.8. The number of fused-ring (bicyclic) bond motifs is 2. The average molecular weight is 429 g/mol. The first-order valence-electron chi connectivity index (χ1n) is 10.2. The summed E-state index contributed by atoms with van der Waals surface area (Å²) in [5, 5.41) is 22.9. The van der Waals surface area contributed by atoms with Crippen LogP contribution in [0.15, 0.2) is 60.7 Å². The summed E-state index contributed by atoms with van der Waals surface area (Å²) >= 11 is 0. The van der Waals surface area contributed by atoms with E-state index in [0.29, 0.717) is 22.6 Å². The van der Waals surface area contributed by atoms with Crippen molar-refractivity contribution < 1.29 is 24.5 Å². The third-order valence-electron chi connectivity index (χ3n) is 5.24. The van der Waals surface area contributed by atoms with Crippen molar-refractivity contribution in [3.05, 3.63) is 87.8 Å². The molecule has 1 aliphatic heterocycles. The monoisotopic (exact) mass is 429 g/mol. The molecular formula is C27H25O5-. The van der Waals surface area contributed by atoms with Crippen LogP contribution in [0.1, 0.15) is 49.2 Å². The Morgan fingerprint density at radius 2 is 1.59 bits per heavy atom. The average Bonchev–Trinajstić information content (AvgIpc) is 2.71. The van der Waals surface area contributed by atoms with Gasteiger partial charge in [0.15, 0.2) is 0 Å². The van der Waals surface area contributed by atoms with Crippen LogP contribution in [0.5, 0.6) is 17.2 Å². The van der Waals surface area contributed by atoms with Gasteiger partial charge in [-0.05, 0) is 35.9 Å². The van der Waals surface area contributed by atoms with Gasteiger partial charge in [-0.15, -0.1) is 5.75 Å². The van der Waals surface area contributed by atoms with E-state index >= 15 is 0 Å². The van der Waals surface area contributed by atoms with E-state index in [4.69, 9.17) is 4.74 Å². The lowest BCUT2D eigenvalue weighted by atomic mass is 9.89. The number of carbonyl (C=O) groups is 2. The number of ether oxygens (including phenoxy) is 1. The summed E-state index contributed by atoms with van der Waals surface area (Å²) in [6.45, 7) is 11.2. The lowest BCUT2D eigenvalue weighted by Gasteiger charge is -2.23. The van der Waals surface area contributed by atoms with Gasteiger partial charge < -0.3 is 14.9 Å². The standard InChI is InChI=1S/C21H14O4.C6H12O/c1-12-6-8-16-18(10-12)25-19-11-13(22)7-9-17(19)20(16)14-4-2-3-5-15(14)21(23)24;1-5(7)6(2,3)4/h2-11,22H,1H2,(H,23,24);1-4H3/p-1. The molecule has 0 amide bonds. The molecule has 0 bridgehead atoms. The van der Waals surface area contributed by atoms with Crippen LogP contribution < -0.4 is 20.3 Å². The van der Waals surface area contributed by atoms with E-state index in [1.807, 2.05) is 32.9 Å². The third-order valence-corrected chi connectivity index (χ3v) is 5.24. The molecule has 0 aromatic heterocycles. The summed E-state index contributed by atoms with van der Waals surface area (Å²) in [6, 6.07) is 16.8. The summed E-state index contributed by atoms with van der Waals surface area (Å²) in [7, 11) is 0. The molecule has 0 fully saturated rings. The molecule has 5 heteroatoms. The second-order valence-corrected chi connectivity index (χ2v) is 8.62. The first-order valence-corrected chi connectivity index (χ1v) is 10.2. The third kappa shape index (κ3) is 4.72. The van der Waals surface area contributed by atoms with Gasteiger partial charge in [0.05, 0.1) is 5.56 Å². The van der Waals surface area contributed by atoms with Crippen molar-refractivity contribution in [1.29, 1.82) is 0 Å².